The SMILES string of the molecule is CCOC(=O)Cc1nnnn1CC(=O)C(CC(=O)O)NC(=O)OCc1ccccc1. The van der Waals surface area contributed by atoms with Gasteiger partial charge < -0.3 is 19.9 Å². The van der Waals surface area contributed by atoms with Crippen LogP contribution in [0.5, 0.6) is 0 Å². The van der Waals surface area contributed by atoms with Gasteiger partial charge in [-0.15, -0.1) is 5.10 Å². The van der Waals surface area contributed by atoms with Gasteiger partial charge in [-0.25, -0.2) is 9.48 Å². The van der Waals surface area contributed by atoms with Crippen molar-refractivity contribution in [2.45, 2.75) is 39.0 Å². The molecular formula is C18H21N5O7. The molecule has 2 aromatic rings. The molecule has 12 heteroatoms. The number of aromatic nitrogens is 4. The molecule has 1 heterocycles. The zero-order valence-electron chi connectivity index (χ0n) is 16.2. The zero-order valence-corrected chi connectivity index (χ0v) is 16.2. The van der Waals surface area contributed by atoms with E-state index in [0.717, 1.165) is 10.2 Å². The second-order valence-electron chi connectivity index (χ2n) is 6.06. The summed E-state index contributed by atoms with van der Waals surface area (Å²) < 4.78 is 10.9. The average molecular weight is 419 g/mol. The highest BCUT2D eigenvalue weighted by Gasteiger charge is 2.26. The first kappa shape index (κ1) is 22.5. The fraction of sp³-hybridized carbons (Fsp3) is 0.389. The van der Waals surface area contributed by atoms with Gasteiger partial charge in [0.05, 0.1) is 13.0 Å². The van der Waals surface area contributed by atoms with Gasteiger partial charge in [-0.2, -0.15) is 0 Å². The molecule has 0 saturated heterocycles. The molecule has 1 aromatic carbocycles. The molecule has 1 aromatic heterocycles. The van der Waals surface area contributed by atoms with E-state index in [-0.39, 0.29) is 25.5 Å². The van der Waals surface area contributed by atoms with Crippen LogP contribution in [0, 0.1) is 0 Å². The van der Waals surface area contributed by atoms with Crippen LogP contribution in [0.25, 0.3) is 0 Å². The Bertz CT molecular complexity index is 884. The van der Waals surface area contributed by atoms with Crippen LogP contribution >= 0.6 is 0 Å². The molecular weight excluding hydrogens is 398 g/mol. The lowest BCUT2D eigenvalue weighted by Crippen LogP contribution is -2.44. The lowest BCUT2D eigenvalue weighted by molar-refractivity contribution is -0.142. The molecule has 2 rings (SSSR count). The summed E-state index contributed by atoms with van der Waals surface area (Å²) in [5, 5.41) is 22.0. The quantitative estimate of drug-likeness (QED) is 0.478. The van der Waals surface area contributed by atoms with Crippen molar-refractivity contribution in [3.05, 3.63) is 41.7 Å². The van der Waals surface area contributed by atoms with Gasteiger partial charge in [0.1, 0.15) is 25.6 Å². The number of alkyl carbamates (subject to hydrolysis) is 1. The van der Waals surface area contributed by atoms with E-state index in [9.17, 15) is 19.2 Å². The average Bonchev–Trinajstić information content (AvgIpc) is 3.13. The van der Waals surface area contributed by atoms with Gasteiger partial charge in [0, 0.05) is 0 Å². The van der Waals surface area contributed by atoms with Gasteiger partial charge in [0.25, 0.3) is 0 Å². The molecule has 1 unspecified atom stereocenters. The topological polar surface area (TPSA) is 163 Å². The number of hydrogen-bond acceptors (Lipinski definition) is 9. The maximum Gasteiger partial charge on any atom is 0.408 e. The van der Waals surface area contributed by atoms with Crippen LogP contribution in [0.4, 0.5) is 4.79 Å². The van der Waals surface area contributed by atoms with Crippen molar-refractivity contribution in [2.75, 3.05) is 6.61 Å². The Morgan fingerprint density at radius 3 is 2.57 bits per heavy atom. The van der Waals surface area contributed by atoms with Crippen LogP contribution in [0.2, 0.25) is 0 Å². The number of carboxylic acid groups (broad SMARTS) is 1. The molecule has 1 amide bonds. The number of tetrazole rings is 1. The largest absolute Gasteiger partial charge is 0.481 e. The Kier molecular flexibility index (Phi) is 8.41. The fourth-order valence-corrected chi connectivity index (χ4v) is 2.40. The molecule has 12 nitrogen and oxygen atoms in total. The number of amides is 1. The van der Waals surface area contributed by atoms with E-state index >= 15 is 0 Å². The molecule has 0 radical (unpaired) electrons. The van der Waals surface area contributed by atoms with Gasteiger partial charge in [-0.3, -0.25) is 14.4 Å². The molecule has 0 aliphatic rings. The van der Waals surface area contributed by atoms with Crippen LogP contribution in [0.3, 0.4) is 0 Å². The number of nitrogens with one attached hydrogen (secondary N) is 1. The Morgan fingerprint density at radius 1 is 1.17 bits per heavy atom. The Balaban J connectivity index is 1.98. The molecule has 0 aliphatic carbocycles. The number of carbonyl (C=O) groups excluding carboxylic acids is 3. The van der Waals surface area contributed by atoms with Crippen molar-refractivity contribution < 1.29 is 33.8 Å². The van der Waals surface area contributed by atoms with Crippen molar-refractivity contribution >= 4 is 23.8 Å². The third-order valence-corrected chi connectivity index (χ3v) is 3.79. The number of benzene rings is 1. The van der Waals surface area contributed by atoms with Crippen molar-refractivity contribution in [1.82, 2.24) is 25.5 Å². The first-order valence-corrected chi connectivity index (χ1v) is 9.01. The molecule has 30 heavy (non-hydrogen) atoms. The van der Waals surface area contributed by atoms with Crippen LogP contribution in [0.1, 0.15) is 24.7 Å². The molecule has 0 spiro atoms. The van der Waals surface area contributed by atoms with E-state index in [1.807, 2.05) is 0 Å². The number of aliphatic carboxylic acids is 1. The summed E-state index contributed by atoms with van der Waals surface area (Å²) in [4.78, 5) is 47.3. The first-order valence-electron chi connectivity index (χ1n) is 9.01. The third-order valence-electron chi connectivity index (χ3n) is 3.79. The zero-order chi connectivity index (χ0) is 21.9. The number of nitrogens with zero attached hydrogens (tertiary/aromatic N) is 4. The van der Waals surface area contributed by atoms with E-state index in [4.69, 9.17) is 14.6 Å². The summed E-state index contributed by atoms with van der Waals surface area (Å²) in [5.74, 6) is -2.47. The maximum atomic E-state index is 12.6. The fourth-order valence-electron chi connectivity index (χ4n) is 2.40. The minimum Gasteiger partial charge on any atom is -0.481 e. The number of rotatable bonds is 11. The second-order valence-corrected chi connectivity index (χ2v) is 6.06. The summed E-state index contributed by atoms with van der Waals surface area (Å²) in [7, 11) is 0. The van der Waals surface area contributed by atoms with E-state index in [1.54, 1.807) is 37.3 Å². The van der Waals surface area contributed by atoms with Crippen molar-refractivity contribution in [3.8, 4) is 0 Å². The maximum absolute atomic E-state index is 12.6. The number of carbonyl (C=O) groups is 4. The normalized spacial score (nSPS) is 11.4. The van der Waals surface area contributed by atoms with Gasteiger partial charge in [-0.1, -0.05) is 30.3 Å². The summed E-state index contributed by atoms with van der Waals surface area (Å²) in [5.41, 5.74) is 0.728. The second kappa shape index (κ2) is 11.2. The number of ketones is 1. The van der Waals surface area contributed by atoms with E-state index < -0.39 is 42.8 Å². The Labute approximate surface area is 171 Å². The first-order chi connectivity index (χ1) is 14.4. The molecule has 160 valence electrons. The van der Waals surface area contributed by atoms with Crippen molar-refractivity contribution in [3.63, 3.8) is 0 Å². The minimum absolute atomic E-state index is 0.0443. The molecule has 0 fully saturated rings. The lowest BCUT2D eigenvalue weighted by atomic mass is 10.1. The highest BCUT2D eigenvalue weighted by Crippen LogP contribution is 2.04. The molecule has 0 bridgehead atoms. The van der Waals surface area contributed by atoms with Crippen LogP contribution in [-0.2, 0) is 43.4 Å². The highest BCUT2D eigenvalue weighted by atomic mass is 16.5. The van der Waals surface area contributed by atoms with Crippen LogP contribution < -0.4 is 5.32 Å². The third kappa shape index (κ3) is 7.30. The summed E-state index contributed by atoms with van der Waals surface area (Å²) in [6, 6.07) is 7.47. The molecule has 0 saturated carbocycles. The molecule has 1 atom stereocenters. The van der Waals surface area contributed by atoms with Gasteiger partial charge in [0.2, 0.25) is 0 Å². The van der Waals surface area contributed by atoms with Gasteiger partial charge in [0.15, 0.2) is 11.6 Å². The monoisotopic (exact) mass is 419 g/mol. The summed E-state index contributed by atoms with van der Waals surface area (Å²) >= 11 is 0. The Morgan fingerprint density at radius 2 is 1.90 bits per heavy atom. The van der Waals surface area contributed by atoms with Crippen LogP contribution in [-0.4, -0.2) is 61.8 Å². The smallest absolute Gasteiger partial charge is 0.408 e. The molecule has 0 aliphatic heterocycles. The van der Waals surface area contributed by atoms with E-state index in [1.165, 1.54) is 0 Å². The lowest BCUT2D eigenvalue weighted by Gasteiger charge is -2.16. The van der Waals surface area contributed by atoms with E-state index in [0.29, 0.717) is 0 Å². The van der Waals surface area contributed by atoms with Gasteiger partial charge in [-0.05, 0) is 22.9 Å². The van der Waals surface area contributed by atoms with E-state index in [2.05, 4.69) is 20.8 Å². The number of Topliss-reactive ketones (excluding diaryl/α,β-unsaturated/α-hetero) is 1. The predicted octanol–water partition coefficient (Wildman–Crippen LogP) is 0.118. The van der Waals surface area contributed by atoms with Crippen molar-refractivity contribution in [1.29, 1.82) is 0 Å². The highest BCUT2D eigenvalue weighted by molar-refractivity contribution is 5.90. The summed E-state index contributed by atoms with van der Waals surface area (Å²) in [6.45, 7) is 1.33. The summed E-state index contributed by atoms with van der Waals surface area (Å²) in [6.07, 6.45) is -1.86. The van der Waals surface area contributed by atoms with Crippen LogP contribution in [0.15, 0.2) is 30.3 Å². The minimum atomic E-state index is -1.37. The number of esters is 1. The standard InChI is InChI=1S/C18H21N5O7/c1-2-29-17(27)9-15-20-21-22-23(15)10-14(24)13(8-16(25)26)19-18(28)30-11-12-6-4-3-5-7-12/h3-7,13H,2,8-11H2,1H3,(H,19,28)(H,25,26). The van der Waals surface area contributed by atoms with Gasteiger partial charge >= 0.3 is 18.0 Å². The number of hydrogen-bond donors (Lipinski definition) is 2. The molecule has 2 N–H and O–H groups in total. The van der Waals surface area contributed by atoms with Crippen molar-refractivity contribution in [2.24, 2.45) is 0 Å². The number of ether oxygens (including phenoxy) is 2. The number of carboxylic acids is 1. The Hall–Kier alpha value is -3.83. The predicted molar refractivity (Wildman–Crippen MR) is 99.0 cm³/mol.